The fraction of sp³-hybridized carbons (Fsp3) is 1.00. The Bertz CT molecular complexity index is 331. The Hall–Kier alpha value is -0.170. The molecule has 0 rings (SSSR count). The summed E-state index contributed by atoms with van der Waals surface area (Å²) in [6, 6.07) is 0.480. The molecule has 0 aromatic carbocycles. The molecule has 0 heterocycles. The lowest BCUT2D eigenvalue weighted by molar-refractivity contribution is 0.167. The number of ether oxygens (including phenoxy) is 1. The molecule has 0 amide bonds. The lowest BCUT2D eigenvalue weighted by atomic mass is 10.3. The molecule has 0 saturated heterocycles. The van der Waals surface area contributed by atoms with Gasteiger partial charge in [0.1, 0.15) is 0 Å². The second-order valence-electron chi connectivity index (χ2n) is 5.49. The van der Waals surface area contributed by atoms with Gasteiger partial charge in [0.2, 0.25) is 10.0 Å². The van der Waals surface area contributed by atoms with E-state index in [0.717, 1.165) is 19.4 Å². The zero-order valence-corrected chi connectivity index (χ0v) is 14.5. The highest BCUT2D eigenvalue weighted by Gasteiger charge is 2.25. The Balaban J connectivity index is 4.32. The summed E-state index contributed by atoms with van der Waals surface area (Å²) in [5.74, 6) is 0.223. The molecule has 0 fully saturated rings. The number of hydrogen-bond acceptors (Lipinski definition) is 4. The maximum Gasteiger partial charge on any atom is 0.214 e. The van der Waals surface area contributed by atoms with Crippen LogP contribution in [0.5, 0.6) is 0 Å². The van der Waals surface area contributed by atoms with Crippen LogP contribution in [-0.4, -0.2) is 57.4 Å². The summed E-state index contributed by atoms with van der Waals surface area (Å²) in [6.45, 7) is 9.89. The SMILES string of the molecule is CCC(C)N(CCOC)S(=O)(=O)CCCCNC(C)C. The second-order valence-corrected chi connectivity index (χ2v) is 7.53. The summed E-state index contributed by atoms with van der Waals surface area (Å²) in [6.07, 6.45) is 2.40. The van der Waals surface area contributed by atoms with Crippen molar-refractivity contribution in [1.29, 1.82) is 0 Å². The van der Waals surface area contributed by atoms with Crippen molar-refractivity contribution in [2.75, 3.05) is 32.6 Å². The molecule has 0 bridgehead atoms. The molecule has 0 saturated carbocycles. The molecular weight excluding hydrogens is 276 g/mol. The molecule has 0 aliphatic rings. The maximum atomic E-state index is 12.4. The van der Waals surface area contributed by atoms with E-state index in [0.29, 0.717) is 25.6 Å². The highest BCUT2D eigenvalue weighted by atomic mass is 32.2. The van der Waals surface area contributed by atoms with Gasteiger partial charge in [-0.3, -0.25) is 0 Å². The Kier molecular flexibility index (Phi) is 10.5. The van der Waals surface area contributed by atoms with Crippen molar-refractivity contribution in [2.24, 2.45) is 0 Å². The number of nitrogens with zero attached hydrogens (tertiary/aromatic N) is 1. The number of sulfonamides is 1. The average Bonchev–Trinajstić information content (AvgIpc) is 2.37. The molecule has 122 valence electrons. The van der Waals surface area contributed by atoms with E-state index in [4.69, 9.17) is 4.74 Å². The van der Waals surface area contributed by atoms with Crippen LogP contribution in [0.25, 0.3) is 0 Å². The van der Waals surface area contributed by atoms with Crippen LogP contribution in [0.3, 0.4) is 0 Å². The van der Waals surface area contributed by atoms with E-state index in [2.05, 4.69) is 19.2 Å². The van der Waals surface area contributed by atoms with Crippen molar-refractivity contribution in [2.45, 2.75) is 59.0 Å². The van der Waals surface area contributed by atoms with E-state index in [1.807, 2.05) is 13.8 Å². The van der Waals surface area contributed by atoms with Crippen LogP contribution in [-0.2, 0) is 14.8 Å². The fourth-order valence-corrected chi connectivity index (χ4v) is 3.79. The van der Waals surface area contributed by atoms with E-state index in [-0.39, 0.29) is 11.8 Å². The molecule has 20 heavy (non-hydrogen) atoms. The number of rotatable bonds is 12. The first-order valence-corrected chi connectivity index (χ1v) is 9.17. The van der Waals surface area contributed by atoms with Crippen LogP contribution in [0.1, 0.15) is 47.0 Å². The predicted molar refractivity (Wildman–Crippen MR) is 84.5 cm³/mol. The van der Waals surface area contributed by atoms with Gasteiger partial charge in [0.15, 0.2) is 0 Å². The van der Waals surface area contributed by atoms with E-state index >= 15 is 0 Å². The zero-order chi connectivity index (χ0) is 15.6. The predicted octanol–water partition coefficient (Wildman–Crippen LogP) is 1.84. The summed E-state index contributed by atoms with van der Waals surface area (Å²) < 4.78 is 31.4. The molecule has 0 aliphatic heterocycles. The van der Waals surface area contributed by atoms with E-state index < -0.39 is 10.0 Å². The standard InChI is InChI=1S/C14H32N2O3S/c1-6-14(4)16(10-11-19-5)20(17,18)12-8-7-9-15-13(2)3/h13-15H,6-12H2,1-5H3. The molecule has 6 heteroatoms. The second kappa shape index (κ2) is 10.5. The normalized spacial score (nSPS) is 14.2. The van der Waals surface area contributed by atoms with Crippen LogP contribution in [0.4, 0.5) is 0 Å². The lowest BCUT2D eigenvalue weighted by Crippen LogP contribution is -2.41. The van der Waals surface area contributed by atoms with Crippen LogP contribution in [0.2, 0.25) is 0 Å². The first-order chi connectivity index (χ1) is 9.35. The Morgan fingerprint density at radius 1 is 1.20 bits per heavy atom. The third-order valence-corrected chi connectivity index (χ3v) is 5.40. The van der Waals surface area contributed by atoms with Crippen LogP contribution in [0, 0.1) is 0 Å². The van der Waals surface area contributed by atoms with Crippen LogP contribution >= 0.6 is 0 Å². The molecule has 0 aromatic heterocycles. The minimum absolute atomic E-state index is 0.0314. The molecule has 1 atom stereocenters. The van der Waals surface area contributed by atoms with Gasteiger partial charge in [-0.15, -0.1) is 0 Å². The first kappa shape index (κ1) is 19.8. The number of methoxy groups -OCH3 is 1. The topological polar surface area (TPSA) is 58.6 Å². The Labute approximate surface area is 125 Å². The molecular formula is C14H32N2O3S. The first-order valence-electron chi connectivity index (χ1n) is 7.57. The van der Waals surface area contributed by atoms with Crippen LogP contribution in [0.15, 0.2) is 0 Å². The van der Waals surface area contributed by atoms with Gasteiger partial charge in [0, 0.05) is 25.7 Å². The van der Waals surface area contributed by atoms with Crippen molar-refractivity contribution in [3.63, 3.8) is 0 Å². The van der Waals surface area contributed by atoms with E-state index in [1.165, 1.54) is 0 Å². The minimum Gasteiger partial charge on any atom is -0.383 e. The monoisotopic (exact) mass is 308 g/mol. The van der Waals surface area contributed by atoms with Gasteiger partial charge in [0.25, 0.3) is 0 Å². The molecule has 0 radical (unpaired) electrons. The van der Waals surface area contributed by atoms with Crippen molar-refractivity contribution >= 4 is 10.0 Å². The van der Waals surface area contributed by atoms with Gasteiger partial charge in [-0.1, -0.05) is 20.8 Å². The van der Waals surface area contributed by atoms with Gasteiger partial charge < -0.3 is 10.1 Å². The molecule has 0 aliphatic carbocycles. The van der Waals surface area contributed by atoms with Gasteiger partial charge in [-0.25, -0.2) is 8.42 Å². The quantitative estimate of drug-likeness (QED) is 0.559. The van der Waals surface area contributed by atoms with Gasteiger partial charge in [-0.2, -0.15) is 4.31 Å². The fourth-order valence-electron chi connectivity index (χ4n) is 1.94. The summed E-state index contributed by atoms with van der Waals surface area (Å²) in [7, 11) is -1.58. The smallest absolute Gasteiger partial charge is 0.214 e. The van der Waals surface area contributed by atoms with Crippen molar-refractivity contribution < 1.29 is 13.2 Å². The van der Waals surface area contributed by atoms with Crippen molar-refractivity contribution in [1.82, 2.24) is 9.62 Å². The highest BCUT2D eigenvalue weighted by Crippen LogP contribution is 2.12. The molecule has 1 N–H and O–H groups in total. The largest absolute Gasteiger partial charge is 0.383 e. The lowest BCUT2D eigenvalue weighted by Gasteiger charge is -2.27. The van der Waals surface area contributed by atoms with Gasteiger partial charge >= 0.3 is 0 Å². The average molecular weight is 308 g/mol. The summed E-state index contributed by atoms with van der Waals surface area (Å²) in [5.41, 5.74) is 0. The highest BCUT2D eigenvalue weighted by molar-refractivity contribution is 7.89. The molecule has 1 unspecified atom stereocenters. The third kappa shape index (κ3) is 8.19. The van der Waals surface area contributed by atoms with Crippen molar-refractivity contribution in [3.8, 4) is 0 Å². The zero-order valence-electron chi connectivity index (χ0n) is 13.7. The summed E-state index contributed by atoms with van der Waals surface area (Å²) >= 11 is 0. The molecule has 5 nitrogen and oxygen atoms in total. The number of unbranched alkanes of at least 4 members (excludes halogenated alkanes) is 1. The minimum atomic E-state index is -3.18. The van der Waals surface area contributed by atoms with Gasteiger partial charge in [-0.05, 0) is 32.7 Å². The van der Waals surface area contributed by atoms with E-state index in [9.17, 15) is 8.42 Å². The maximum absolute atomic E-state index is 12.4. The summed E-state index contributed by atoms with van der Waals surface area (Å²) in [4.78, 5) is 0. The van der Waals surface area contributed by atoms with Gasteiger partial charge in [0.05, 0.1) is 12.4 Å². The van der Waals surface area contributed by atoms with Crippen molar-refractivity contribution in [3.05, 3.63) is 0 Å². The Morgan fingerprint density at radius 3 is 2.35 bits per heavy atom. The van der Waals surface area contributed by atoms with Crippen LogP contribution < -0.4 is 5.32 Å². The third-order valence-electron chi connectivity index (χ3n) is 3.34. The summed E-state index contributed by atoms with van der Waals surface area (Å²) in [5, 5.41) is 3.30. The Morgan fingerprint density at radius 2 is 1.85 bits per heavy atom. The molecule has 0 spiro atoms. The number of nitrogens with one attached hydrogen (secondary N) is 1. The van der Waals surface area contributed by atoms with E-state index in [1.54, 1.807) is 11.4 Å². The molecule has 0 aromatic rings. The number of hydrogen-bond donors (Lipinski definition) is 1.